The van der Waals surface area contributed by atoms with Crippen molar-refractivity contribution < 1.29 is 35.9 Å². The Morgan fingerprint density at radius 1 is 0.553 bits per heavy atom. The molecule has 10 heteroatoms. The Hall–Kier alpha value is -4.60. The number of halogens is 6. The number of amides is 2. The van der Waals surface area contributed by atoms with E-state index in [1.54, 1.807) is 30.3 Å². The zero-order chi connectivity index (χ0) is 27.0. The average molecular weight is 524 g/mol. The molecule has 1 aromatic heterocycles. The standard InChI is InChI=1S/C28H14F6N2O2/c29-27(30,31)17-10-5-13-20-23(17)24-18(28(32,33)34)11-6-14-21(24)36(20)19-12-4-9-16-22(19)26(38)35(25(16)37)15-7-2-1-3-8-15/h1-14H. The van der Waals surface area contributed by atoms with Gasteiger partial charge in [-0.15, -0.1) is 0 Å². The first-order chi connectivity index (χ1) is 18.0. The first-order valence-corrected chi connectivity index (χ1v) is 11.3. The number of fused-ring (bicyclic) bond motifs is 4. The van der Waals surface area contributed by atoms with Crippen molar-refractivity contribution in [2.45, 2.75) is 12.4 Å². The van der Waals surface area contributed by atoms with E-state index >= 15 is 0 Å². The second-order valence-corrected chi connectivity index (χ2v) is 8.71. The number of rotatable bonds is 2. The number of benzene rings is 4. The zero-order valence-corrected chi connectivity index (χ0v) is 19.1. The maximum absolute atomic E-state index is 14.1. The molecular weight excluding hydrogens is 510 g/mol. The van der Waals surface area contributed by atoms with Crippen LogP contribution in [0.5, 0.6) is 0 Å². The number of anilines is 1. The molecule has 0 aliphatic carbocycles. The van der Waals surface area contributed by atoms with Gasteiger partial charge in [0.1, 0.15) is 0 Å². The number of aromatic nitrogens is 1. The van der Waals surface area contributed by atoms with E-state index in [0.29, 0.717) is 0 Å². The van der Waals surface area contributed by atoms with Crippen LogP contribution in [0.15, 0.2) is 84.9 Å². The van der Waals surface area contributed by atoms with Crippen molar-refractivity contribution in [1.29, 1.82) is 0 Å². The molecule has 2 heterocycles. The van der Waals surface area contributed by atoms with Gasteiger partial charge < -0.3 is 4.57 Å². The van der Waals surface area contributed by atoms with Crippen LogP contribution in [-0.2, 0) is 12.4 Å². The summed E-state index contributed by atoms with van der Waals surface area (Å²) in [4.78, 5) is 27.7. The van der Waals surface area contributed by atoms with Crippen LogP contribution in [0.25, 0.3) is 27.5 Å². The van der Waals surface area contributed by atoms with Gasteiger partial charge in [-0.3, -0.25) is 9.59 Å². The van der Waals surface area contributed by atoms with Gasteiger partial charge in [0.25, 0.3) is 11.8 Å². The summed E-state index contributed by atoms with van der Waals surface area (Å²) in [7, 11) is 0. The van der Waals surface area contributed by atoms with Gasteiger partial charge in [-0.05, 0) is 48.5 Å². The van der Waals surface area contributed by atoms with E-state index in [-0.39, 0.29) is 33.5 Å². The van der Waals surface area contributed by atoms with Crippen LogP contribution in [0.2, 0.25) is 0 Å². The minimum Gasteiger partial charge on any atom is -0.308 e. The highest BCUT2D eigenvalue weighted by Gasteiger charge is 2.41. The molecule has 0 fully saturated rings. The van der Waals surface area contributed by atoms with Crippen LogP contribution in [0.3, 0.4) is 0 Å². The molecule has 0 radical (unpaired) electrons. The number of carbonyl (C=O) groups excluding carboxylic acids is 2. The molecule has 0 atom stereocenters. The first kappa shape index (κ1) is 23.8. The summed E-state index contributed by atoms with van der Waals surface area (Å²) in [6.45, 7) is 0. The number of nitrogens with zero attached hydrogens (tertiary/aromatic N) is 2. The van der Waals surface area contributed by atoms with Gasteiger partial charge in [-0.2, -0.15) is 26.3 Å². The molecule has 4 aromatic carbocycles. The Kier molecular flexibility index (Phi) is 4.97. The molecule has 0 spiro atoms. The van der Waals surface area contributed by atoms with Gasteiger partial charge in [-0.1, -0.05) is 36.4 Å². The van der Waals surface area contributed by atoms with Gasteiger partial charge in [0, 0.05) is 10.8 Å². The lowest BCUT2D eigenvalue weighted by Gasteiger charge is -2.15. The SMILES string of the molecule is O=C1c2cccc(-n3c4cccc(C(F)(F)F)c4c4c(C(F)(F)F)cccc43)c2C(=O)N1c1ccccc1. The third-order valence-corrected chi connectivity index (χ3v) is 6.58. The maximum Gasteiger partial charge on any atom is 0.417 e. The summed E-state index contributed by atoms with van der Waals surface area (Å²) in [5.41, 5.74) is -2.69. The third kappa shape index (κ3) is 3.33. The van der Waals surface area contributed by atoms with Gasteiger partial charge >= 0.3 is 12.4 Å². The van der Waals surface area contributed by atoms with Crippen molar-refractivity contribution in [1.82, 2.24) is 4.57 Å². The van der Waals surface area contributed by atoms with Crippen LogP contribution < -0.4 is 4.90 Å². The van der Waals surface area contributed by atoms with Crippen LogP contribution in [0, 0.1) is 0 Å². The van der Waals surface area contributed by atoms with Gasteiger partial charge in [0.15, 0.2) is 0 Å². The first-order valence-electron chi connectivity index (χ1n) is 11.3. The summed E-state index contributed by atoms with van der Waals surface area (Å²) >= 11 is 0. The van der Waals surface area contributed by atoms with E-state index in [1.165, 1.54) is 34.9 Å². The normalized spacial score (nSPS) is 14.1. The molecule has 2 amide bonds. The highest BCUT2D eigenvalue weighted by atomic mass is 19.4. The number of para-hydroxylation sites is 1. The van der Waals surface area contributed by atoms with E-state index < -0.39 is 46.1 Å². The molecule has 0 unspecified atom stereocenters. The predicted octanol–water partition coefficient (Wildman–Crippen LogP) is 7.62. The third-order valence-electron chi connectivity index (χ3n) is 6.58. The molecule has 38 heavy (non-hydrogen) atoms. The fourth-order valence-corrected chi connectivity index (χ4v) is 5.11. The molecule has 0 N–H and O–H groups in total. The van der Waals surface area contributed by atoms with Gasteiger partial charge in [0.2, 0.25) is 0 Å². The van der Waals surface area contributed by atoms with E-state index in [9.17, 15) is 35.9 Å². The maximum atomic E-state index is 14.1. The Bertz CT molecular complexity index is 1710. The molecule has 4 nitrogen and oxygen atoms in total. The van der Waals surface area contributed by atoms with E-state index in [1.807, 2.05) is 0 Å². The molecule has 1 aliphatic heterocycles. The monoisotopic (exact) mass is 524 g/mol. The fourth-order valence-electron chi connectivity index (χ4n) is 5.11. The molecular formula is C28H14F6N2O2. The zero-order valence-electron chi connectivity index (χ0n) is 19.1. The Balaban J connectivity index is 1.73. The van der Waals surface area contributed by atoms with Crippen LogP contribution >= 0.6 is 0 Å². The molecule has 6 rings (SSSR count). The van der Waals surface area contributed by atoms with Crippen molar-refractivity contribution in [2.75, 3.05) is 4.90 Å². The van der Waals surface area contributed by atoms with Crippen molar-refractivity contribution in [3.63, 3.8) is 0 Å². The summed E-state index contributed by atoms with van der Waals surface area (Å²) in [5, 5.41) is -1.28. The Labute approximate surface area is 210 Å². The van der Waals surface area contributed by atoms with E-state index in [2.05, 4.69) is 0 Å². The highest BCUT2D eigenvalue weighted by molar-refractivity contribution is 6.35. The summed E-state index contributed by atoms with van der Waals surface area (Å²) in [6.07, 6.45) is -9.91. The number of carbonyl (C=O) groups is 2. The van der Waals surface area contributed by atoms with E-state index in [0.717, 1.165) is 29.2 Å². The summed E-state index contributed by atoms with van der Waals surface area (Å²) in [5.74, 6) is -1.38. The van der Waals surface area contributed by atoms with Crippen LogP contribution in [0.4, 0.5) is 32.0 Å². The lowest BCUT2D eigenvalue weighted by molar-refractivity contribution is -0.138. The van der Waals surface area contributed by atoms with Crippen molar-refractivity contribution in [3.05, 3.63) is 107 Å². The fraction of sp³-hybridized carbons (Fsp3) is 0.0714. The predicted molar refractivity (Wildman–Crippen MR) is 128 cm³/mol. The highest BCUT2D eigenvalue weighted by Crippen LogP contribution is 2.46. The van der Waals surface area contributed by atoms with Crippen LogP contribution in [-0.4, -0.2) is 16.4 Å². The average Bonchev–Trinajstić information content (AvgIpc) is 3.34. The molecule has 0 bridgehead atoms. The van der Waals surface area contributed by atoms with Gasteiger partial charge in [-0.25, -0.2) is 4.90 Å². The number of hydrogen-bond acceptors (Lipinski definition) is 2. The minimum atomic E-state index is -4.95. The molecule has 0 saturated heterocycles. The van der Waals surface area contributed by atoms with E-state index in [4.69, 9.17) is 0 Å². The second-order valence-electron chi connectivity index (χ2n) is 8.71. The quantitative estimate of drug-likeness (QED) is 0.176. The van der Waals surface area contributed by atoms with Crippen molar-refractivity contribution >= 4 is 39.3 Å². The number of alkyl halides is 6. The number of imide groups is 1. The molecule has 1 aliphatic rings. The summed E-state index contributed by atoms with van der Waals surface area (Å²) in [6, 6.07) is 18.5. The van der Waals surface area contributed by atoms with Gasteiger partial charge in [0.05, 0.1) is 44.7 Å². The lowest BCUT2D eigenvalue weighted by Crippen LogP contribution is -2.29. The molecule has 5 aromatic rings. The molecule has 190 valence electrons. The lowest BCUT2D eigenvalue weighted by atomic mass is 10.0. The number of hydrogen-bond donors (Lipinski definition) is 0. The Morgan fingerprint density at radius 3 is 1.61 bits per heavy atom. The van der Waals surface area contributed by atoms with Crippen molar-refractivity contribution in [2.24, 2.45) is 0 Å². The van der Waals surface area contributed by atoms with Crippen molar-refractivity contribution in [3.8, 4) is 5.69 Å². The second kappa shape index (κ2) is 7.95. The molecule has 0 saturated carbocycles. The Morgan fingerprint density at radius 2 is 1.08 bits per heavy atom. The minimum absolute atomic E-state index is 0.00192. The smallest absolute Gasteiger partial charge is 0.308 e. The summed E-state index contributed by atoms with van der Waals surface area (Å²) < 4.78 is 85.6. The topological polar surface area (TPSA) is 42.3 Å². The van der Waals surface area contributed by atoms with Crippen LogP contribution in [0.1, 0.15) is 31.8 Å². The largest absolute Gasteiger partial charge is 0.417 e.